The maximum atomic E-state index is 14.0. The van der Waals surface area contributed by atoms with Crippen LogP contribution in [0.1, 0.15) is 28.3 Å². The molecule has 1 fully saturated rings. The van der Waals surface area contributed by atoms with E-state index in [-0.39, 0.29) is 19.0 Å². The van der Waals surface area contributed by atoms with Gasteiger partial charge in [0.1, 0.15) is 5.56 Å². The predicted octanol–water partition coefficient (Wildman–Crippen LogP) is 4.50. The predicted molar refractivity (Wildman–Crippen MR) is 92.4 cm³/mol. The molecular formula is C20H15F5N2O. The fraction of sp³-hybridized carbons (Fsp3) is 0.250. The zero-order valence-electron chi connectivity index (χ0n) is 14.8. The molecule has 0 N–H and O–H groups in total. The molecule has 2 heterocycles. The van der Waals surface area contributed by atoms with Gasteiger partial charge < -0.3 is 9.47 Å². The number of benzene rings is 2. The van der Waals surface area contributed by atoms with Crippen molar-refractivity contribution in [3.05, 3.63) is 70.7 Å². The third kappa shape index (κ3) is 2.66. The lowest BCUT2D eigenvalue weighted by molar-refractivity contribution is 0.0777. The van der Waals surface area contributed by atoms with Crippen molar-refractivity contribution in [2.45, 2.75) is 12.3 Å². The molecule has 4 rings (SSSR count). The lowest BCUT2D eigenvalue weighted by atomic mass is 9.98. The number of carbonyl (C=O) groups excluding carboxylic acids is 1. The van der Waals surface area contributed by atoms with E-state index in [9.17, 15) is 26.7 Å². The van der Waals surface area contributed by atoms with Crippen LogP contribution in [0.15, 0.2) is 30.5 Å². The first kappa shape index (κ1) is 18.5. The first-order chi connectivity index (χ1) is 13.3. The molecule has 0 bridgehead atoms. The van der Waals surface area contributed by atoms with Gasteiger partial charge in [-0.05, 0) is 18.1 Å². The van der Waals surface area contributed by atoms with Gasteiger partial charge in [0.05, 0.1) is 0 Å². The molecule has 0 spiro atoms. The van der Waals surface area contributed by atoms with Crippen LogP contribution in [0.25, 0.3) is 10.9 Å². The molecule has 1 saturated heterocycles. The van der Waals surface area contributed by atoms with Gasteiger partial charge in [-0.1, -0.05) is 18.2 Å². The highest BCUT2D eigenvalue weighted by Crippen LogP contribution is 2.35. The molecular weight excluding hydrogens is 379 g/mol. The minimum Gasteiger partial charge on any atom is -0.350 e. The Morgan fingerprint density at radius 3 is 2.25 bits per heavy atom. The number of rotatable bonds is 2. The molecule has 8 heteroatoms. The molecule has 1 unspecified atom stereocenters. The van der Waals surface area contributed by atoms with Crippen molar-refractivity contribution < 1.29 is 26.7 Å². The summed E-state index contributed by atoms with van der Waals surface area (Å²) in [7, 11) is 1.89. The van der Waals surface area contributed by atoms with Gasteiger partial charge >= 0.3 is 0 Å². The monoisotopic (exact) mass is 394 g/mol. The van der Waals surface area contributed by atoms with Crippen molar-refractivity contribution in [2.24, 2.45) is 7.05 Å². The summed E-state index contributed by atoms with van der Waals surface area (Å²) in [5.41, 5.74) is 0.572. The van der Waals surface area contributed by atoms with Gasteiger partial charge in [0, 0.05) is 43.2 Å². The topological polar surface area (TPSA) is 25.2 Å². The molecule has 3 nitrogen and oxygen atoms in total. The van der Waals surface area contributed by atoms with Crippen LogP contribution >= 0.6 is 0 Å². The molecule has 1 amide bonds. The third-order valence-corrected chi connectivity index (χ3v) is 5.27. The largest absolute Gasteiger partial charge is 0.350 e. The Hall–Kier alpha value is -2.90. The molecule has 3 aromatic rings. The van der Waals surface area contributed by atoms with E-state index < -0.39 is 40.6 Å². The van der Waals surface area contributed by atoms with Gasteiger partial charge in [-0.25, -0.2) is 22.0 Å². The van der Waals surface area contributed by atoms with E-state index in [2.05, 4.69) is 0 Å². The average Bonchev–Trinajstić information content (AvgIpc) is 3.30. The number of aromatic nitrogens is 1. The summed E-state index contributed by atoms with van der Waals surface area (Å²) in [6.07, 6.45) is 2.46. The lowest BCUT2D eigenvalue weighted by Crippen LogP contribution is -2.31. The number of carbonyl (C=O) groups is 1. The Bertz CT molecular complexity index is 1080. The van der Waals surface area contributed by atoms with Crippen LogP contribution < -0.4 is 0 Å². The van der Waals surface area contributed by atoms with Crippen LogP contribution in [-0.4, -0.2) is 28.5 Å². The van der Waals surface area contributed by atoms with Gasteiger partial charge in [-0.2, -0.15) is 0 Å². The molecule has 146 valence electrons. The normalized spacial score (nSPS) is 16.9. The van der Waals surface area contributed by atoms with Crippen LogP contribution in [0, 0.1) is 29.1 Å². The minimum atomic E-state index is -2.28. The van der Waals surface area contributed by atoms with E-state index in [1.165, 1.54) is 0 Å². The quantitative estimate of drug-likeness (QED) is 0.357. The Labute approximate surface area is 157 Å². The summed E-state index contributed by atoms with van der Waals surface area (Å²) in [6.45, 7) is 0.290. The summed E-state index contributed by atoms with van der Waals surface area (Å²) in [4.78, 5) is 13.7. The molecule has 2 aromatic carbocycles. The molecule has 1 atom stereocenters. The summed E-state index contributed by atoms with van der Waals surface area (Å²) in [5, 5.41) is 1.00. The summed E-state index contributed by atoms with van der Waals surface area (Å²) < 4.78 is 70.0. The SMILES string of the molecule is Cn1cc(C2CCN(C(=O)c3c(F)c(F)c(F)c(F)c3F)C2)c2ccccc21. The Balaban J connectivity index is 1.66. The Morgan fingerprint density at radius 2 is 1.57 bits per heavy atom. The van der Waals surface area contributed by atoms with Gasteiger partial charge in [-0.3, -0.25) is 4.79 Å². The number of halogens is 5. The van der Waals surface area contributed by atoms with Gasteiger partial charge in [0.2, 0.25) is 5.82 Å². The van der Waals surface area contributed by atoms with Gasteiger partial charge in [-0.15, -0.1) is 0 Å². The average molecular weight is 394 g/mol. The van der Waals surface area contributed by atoms with Crippen LogP contribution in [0.5, 0.6) is 0 Å². The zero-order valence-corrected chi connectivity index (χ0v) is 14.8. The number of nitrogens with zero attached hydrogens (tertiary/aromatic N) is 2. The van der Waals surface area contributed by atoms with Crippen molar-refractivity contribution in [1.29, 1.82) is 0 Å². The number of fused-ring (bicyclic) bond motifs is 1. The molecule has 0 saturated carbocycles. The summed E-state index contributed by atoms with van der Waals surface area (Å²) >= 11 is 0. The fourth-order valence-electron chi connectivity index (χ4n) is 3.85. The van der Waals surface area contributed by atoms with Crippen LogP contribution in [0.4, 0.5) is 22.0 Å². The van der Waals surface area contributed by atoms with Crippen molar-refractivity contribution in [1.82, 2.24) is 9.47 Å². The number of hydrogen-bond acceptors (Lipinski definition) is 1. The highest BCUT2D eigenvalue weighted by Gasteiger charge is 2.35. The van der Waals surface area contributed by atoms with E-state index >= 15 is 0 Å². The van der Waals surface area contributed by atoms with Crippen LogP contribution in [0.3, 0.4) is 0 Å². The maximum Gasteiger partial charge on any atom is 0.260 e. The van der Waals surface area contributed by atoms with Crippen molar-refractivity contribution >= 4 is 16.8 Å². The second-order valence-electron chi connectivity index (χ2n) is 6.89. The smallest absolute Gasteiger partial charge is 0.260 e. The van der Waals surface area contributed by atoms with E-state index in [4.69, 9.17) is 0 Å². The molecule has 1 aliphatic rings. The summed E-state index contributed by atoms with van der Waals surface area (Å²) in [6, 6.07) is 7.68. The lowest BCUT2D eigenvalue weighted by Gasteiger charge is -2.18. The van der Waals surface area contributed by atoms with Gasteiger partial charge in [0.15, 0.2) is 23.3 Å². The Morgan fingerprint density at radius 1 is 0.964 bits per heavy atom. The second-order valence-corrected chi connectivity index (χ2v) is 6.89. The van der Waals surface area contributed by atoms with Crippen molar-refractivity contribution in [2.75, 3.05) is 13.1 Å². The zero-order chi connectivity index (χ0) is 20.2. The number of amides is 1. The molecule has 0 radical (unpaired) electrons. The Kier molecular flexibility index (Phi) is 4.36. The number of hydrogen-bond donors (Lipinski definition) is 0. The standard InChI is InChI=1S/C20H15F5N2O/c1-26-9-12(11-4-2-3-5-13(11)26)10-6-7-27(8-10)20(28)14-15(21)17(23)19(25)18(24)16(14)22/h2-5,9-10H,6-8H2,1H3. The highest BCUT2D eigenvalue weighted by molar-refractivity contribution is 5.95. The second kappa shape index (κ2) is 6.61. The fourth-order valence-corrected chi connectivity index (χ4v) is 3.85. The minimum absolute atomic E-state index is 0.101. The third-order valence-electron chi connectivity index (χ3n) is 5.27. The molecule has 1 aliphatic heterocycles. The van der Waals surface area contributed by atoms with Gasteiger partial charge in [0.25, 0.3) is 5.91 Å². The first-order valence-electron chi connectivity index (χ1n) is 8.66. The number of likely N-dealkylation sites (tertiary alicyclic amines) is 1. The first-order valence-corrected chi connectivity index (χ1v) is 8.66. The maximum absolute atomic E-state index is 14.0. The van der Waals surface area contributed by atoms with E-state index in [1.54, 1.807) is 0 Å². The van der Waals surface area contributed by atoms with Crippen LogP contribution in [-0.2, 0) is 7.05 Å². The van der Waals surface area contributed by atoms with Crippen molar-refractivity contribution in [3.8, 4) is 0 Å². The van der Waals surface area contributed by atoms with E-state index in [0.29, 0.717) is 6.42 Å². The summed E-state index contributed by atoms with van der Waals surface area (Å²) in [5.74, 6) is -12.0. The number of aryl methyl sites for hydroxylation is 1. The van der Waals surface area contributed by atoms with E-state index in [0.717, 1.165) is 21.4 Å². The molecule has 1 aromatic heterocycles. The number of para-hydroxylation sites is 1. The van der Waals surface area contributed by atoms with E-state index in [1.807, 2.05) is 42.1 Å². The molecule has 28 heavy (non-hydrogen) atoms. The van der Waals surface area contributed by atoms with Crippen molar-refractivity contribution in [3.63, 3.8) is 0 Å². The highest BCUT2D eigenvalue weighted by atomic mass is 19.2. The van der Waals surface area contributed by atoms with Crippen LogP contribution in [0.2, 0.25) is 0 Å². The molecule has 0 aliphatic carbocycles.